The molecule has 3 rings (SSSR count). The number of methoxy groups -OCH3 is 1. The van der Waals surface area contributed by atoms with E-state index >= 15 is 0 Å². The van der Waals surface area contributed by atoms with Gasteiger partial charge in [0, 0.05) is 17.2 Å². The molecule has 0 N–H and O–H groups in total. The van der Waals surface area contributed by atoms with Crippen LogP contribution < -0.4 is 5.06 Å². The van der Waals surface area contributed by atoms with Gasteiger partial charge < -0.3 is 4.74 Å². The van der Waals surface area contributed by atoms with Crippen LogP contribution in [0.3, 0.4) is 0 Å². The van der Waals surface area contributed by atoms with Crippen molar-refractivity contribution in [3.8, 4) is 0 Å². The van der Waals surface area contributed by atoms with Crippen molar-refractivity contribution in [3.63, 3.8) is 0 Å². The predicted molar refractivity (Wildman–Crippen MR) is 92.3 cm³/mol. The molecule has 1 amide bonds. The smallest absolute Gasteiger partial charge is 0.413 e. The molecule has 6 nitrogen and oxygen atoms in total. The lowest BCUT2D eigenvalue weighted by Crippen LogP contribution is -2.36. The van der Waals surface area contributed by atoms with E-state index in [0.29, 0.717) is 19.6 Å². The number of hydrogen-bond donors (Lipinski definition) is 0. The zero-order valence-electron chi connectivity index (χ0n) is 13.6. The number of hydroxylamine groups is 1. The summed E-state index contributed by atoms with van der Waals surface area (Å²) in [6.07, 6.45) is 2.08. The maximum Gasteiger partial charge on any atom is 0.413 e. The fourth-order valence-electron chi connectivity index (χ4n) is 3.16. The SMILES string of the molecule is COC(=O)N1C=C([C@@H]2[C@@H](C(C)=O)CON2c2ccccc2Br)CC1. The van der Waals surface area contributed by atoms with Gasteiger partial charge in [-0.2, -0.15) is 0 Å². The standard InChI is InChI=1S/C17H19BrN2O4/c1-11(21)13-10-24-20(15-6-4-3-5-14(15)18)16(13)12-7-8-19(9-12)17(22)23-2/h3-6,9,13,16H,7-8,10H2,1-2H3/t13-,16-/m1/s1. The number of Topliss-reactive ketones (excluding diaryl/α,β-unsaturated/α-hetero) is 1. The Hall–Kier alpha value is -1.86. The Labute approximate surface area is 149 Å². The van der Waals surface area contributed by atoms with Crippen molar-refractivity contribution >= 4 is 33.5 Å². The number of nitrogens with zero attached hydrogens (tertiary/aromatic N) is 2. The van der Waals surface area contributed by atoms with Gasteiger partial charge in [0.05, 0.1) is 31.4 Å². The van der Waals surface area contributed by atoms with E-state index in [1.165, 1.54) is 12.0 Å². The minimum atomic E-state index is -0.393. The number of carbonyl (C=O) groups is 2. The Morgan fingerprint density at radius 2 is 2.08 bits per heavy atom. The number of benzene rings is 1. The third-order valence-electron chi connectivity index (χ3n) is 4.39. The Bertz CT molecular complexity index is 691. The topological polar surface area (TPSA) is 59.1 Å². The van der Waals surface area contributed by atoms with Gasteiger partial charge in [-0.3, -0.25) is 14.5 Å². The lowest BCUT2D eigenvalue weighted by atomic mass is 9.90. The second kappa shape index (κ2) is 6.94. The van der Waals surface area contributed by atoms with Crippen LogP contribution in [-0.2, 0) is 14.4 Å². The van der Waals surface area contributed by atoms with Crippen molar-refractivity contribution in [1.82, 2.24) is 4.90 Å². The number of para-hydroxylation sites is 1. The molecule has 0 aromatic heterocycles. The third-order valence-corrected chi connectivity index (χ3v) is 5.06. The van der Waals surface area contributed by atoms with Crippen LogP contribution in [0.25, 0.3) is 0 Å². The van der Waals surface area contributed by atoms with Crippen molar-refractivity contribution in [1.29, 1.82) is 0 Å². The molecule has 2 aliphatic heterocycles. The molecule has 2 atom stereocenters. The van der Waals surface area contributed by atoms with Gasteiger partial charge in [0.25, 0.3) is 0 Å². The first-order chi connectivity index (χ1) is 11.5. The molecule has 0 aliphatic carbocycles. The molecule has 1 fully saturated rings. The van der Waals surface area contributed by atoms with Crippen LogP contribution in [-0.4, -0.2) is 43.1 Å². The molecular formula is C17H19BrN2O4. The summed E-state index contributed by atoms with van der Waals surface area (Å²) in [5, 5.41) is 1.78. The Kier molecular flexibility index (Phi) is 4.91. The molecule has 24 heavy (non-hydrogen) atoms. The fourth-order valence-corrected chi connectivity index (χ4v) is 3.62. The summed E-state index contributed by atoms with van der Waals surface area (Å²) in [6, 6.07) is 7.49. The van der Waals surface area contributed by atoms with Gasteiger partial charge in [0.1, 0.15) is 5.78 Å². The summed E-state index contributed by atoms with van der Waals surface area (Å²) in [5.74, 6) is -0.187. The highest BCUT2D eigenvalue weighted by Crippen LogP contribution is 2.38. The van der Waals surface area contributed by atoms with Crippen LogP contribution >= 0.6 is 15.9 Å². The number of ether oxygens (including phenoxy) is 1. The Morgan fingerprint density at radius 1 is 1.33 bits per heavy atom. The molecule has 0 unspecified atom stereocenters. The third kappa shape index (κ3) is 3.06. The minimum absolute atomic E-state index is 0.0759. The molecule has 7 heteroatoms. The molecule has 0 bridgehead atoms. The van der Waals surface area contributed by atoms with Gasteiger partial charge in [-0.25, -0.2) is 9.86 Å². The molecule has 2 heterocycles. The lowest BCUT2D eigenvalue weighted by Gasteiger charge is -2.28. The number of ketones is 1. The zero-order chi connectivity index (χ0) is 17.3. The van der Waals surface area contributed by atoms with Gasteiger partial charge >= 0.3 is 6.09 Å². The van der Waals surface area contributed by atoms with E-state index in [4.69, 9.17) is 9.57 Å². The van der Waals surface area contributed by atoms with Gasteiger partial charge in [-0.15, -0.1) is 0 Å². The van der Waals surface area contributed by atoms with Gasteiger partial charge in [0.2, 0.25) is 0 Å². The first-order valence-electron chi connectivity index (χ1n) is 7.75. The van der Waals surface area contributed by atoms with E-state index in [9.17, 15) is 9.59 Å². The van der Waals surface area contributed by atoms with Crippen LogP contribution in [0.1, 0.15) is 13.3 Å². The zero-order valence-corrected chi connectivity index (χ0v) is 15.2. The fraction of sp³-hybridized carbons (Fsp3) is 0.412. The van der Waals surface area contributed by atoms with Crippen molar-refractivity contribution in [2.75, 3.05) is 25.3 Å². The molecule has 0 spiro atoms. The second-order valence-corrected chi connectivity index (χ2v) is 6.71. The molecule has 1 aromatic rings. The molecule has 0 radical (unpaired) electrons. The molecule has 1 aromatic carbocycles. The number of halogens is 1. The maximum absolute atomic E-state index is 12.1. The molecular weight excluding hydrogens is 376 g/mol. The number of anilines is 1. The van der Waals surface area contributed by atoms with Gasteiger partial charge in [-0.05, 0) is 47.0 Å². The monoisotopic (exact) mass is 394 g/mol. The number of rotatable bonds is 3. The minimum Gasteiger partial charge on any atom is -0.452 e. The van der Waals surface area contributed by atoms with Crippen LogP contribution in [0.2, 0.25) is 0 Å². The highest BCUT2D eigenvalue weighted by Gasteiger charge is 2.43. The highest BCUT2D eigenvalue weighted by molar-refractivity contribution is 9.10. The number of amides is 1. The average molecular weight is 395 g/mol. The van der Waals surface area contributed by atoms with E-state index in [0.717, 1.165) is 15.7 Å². The Morgan fingerprint density at radius 3 is 2.75 bits per heavy atom. The Balaban J connectivity index is 1.95. The average Bonchev–Trinajstić information content (AvgIpc) is 3.21. The summed E-state index contributed by atoms with van der Waals surface area (Å²) in [4.78, 5) is 31.2. The molecule has 1 saturated heterocycles. The summed E-state index contributed by atoms with van der Waals surface area (Å²) in [6.45, 7) is 2.46. The molecule has 128 valence electrons. The summed E-state index contributed by atoms with van der Waals surface area (Å²) >= 11 is 3.54. The van der Waals surface area contributed by atoms with Gasteiger partial charge in [0.15, 0.2) is 0 Å². The van der Waals surface area contributed by atoms with Crippen molar-refractivity contribution in [2.24, 2.45) is 5.92 Å². The van der Waals surface area contributed by atoms with Crippen molar-refractivity contribution in [2.45, 2.75) is 19.4 Å². The highest BCUT2D eigenvalue weighted by atomic mass is 79.9. The molecule has 2 aliphatic rings. The van der Waals surface area contributed by atoms with E-state index in [1.54, 1.807) is 18.2 Å². The van der Waals surface area contributed by atoms with E-state index in [1.807, 2.05) is 24.3 Å². The van der Waals surface area contributed by atoms with E-state index in [2.05, 4.69) is 15.9 Å². The first kappa shape index (κ1) is 17.0. The largest absolute Gasteiger partial charge is 0.452 e. The first-order valence-corrected chi connectivity index (χ1v) is 8.54. The number of carbonyl (C=O) groups excluding carboxylic acids is 2. The van der Waals surface area contributed by atoms with E-state index in [-0.39, 0.29) is 17.7 Å². The van der Waals surface area contributed by atoms with Crippen LogP contribution in [0.4, 0.5) is 10.5 Å². The normalized spacial score (nSPS) is 23.4. The van der Waals surface area contributed by atoms with Crippen LogP contribution in [0, 0.1) is 5.92 Å². The second-order valence-electron chi connectivity index (χ2n) is 5.85. The molecule has 0 saturated carbocycles. The van der Waals surface area contributed by atoms with Gasteiger partial charge in [-0.1, -0.05) is 12.1 Å². The summed E-state index contributed by atoms with van der Waals surface area (Å²) in [5.41, 5.74) is 1.86. The summed E-state index contributed by atoms with van der Waals surface area (Å²) in [7, 11) is 1.36. The van der Waals surface area contributed by atoms with E-state index < -0.39 is 6.09 Å². The van der Waals surface area contributed by atoms with Crippen LogP contribution in [0.5, 0.6) is 0 Å². The quantitative estimate of drug-likeness (QED) is 0.787. The predicted octanol–water partition coefficient (Wildman–Crippen LogP) is 3.13. The van der Waals surface area contributed by atoms with Crippen LogP contribution in [0.15, 0.2) is 40.5 Å². The maximum atomic E-state index is 12.1. The number of hydrogen-bond acceptors (Lipinski definition) is 5. The summed E-state index contributed by atoms with van der Waals surface area (Å²) < 4.78 is 5.66. The van der Waals surface area contributed by atoms with Crippen molar-refractivity contribution < 1.29 is 19.2 Å². The van der Waals surface area contributed by atoms with Crippen molar-refractivity contribution in [3.05, 3.63) is 40.5 Å². The lowest BCUT2D eigenvalue weighted by molar-refractivity contribution is -0.120.